The molecule has 0 radical (unpaired) electrons. The minimum absolute atomic E-state index is 0.165. The average molecular weight is 1010 g/mol. The van der Waals surface area contributed by atoms with Crippen LogP contribution < -0.4 is 38.5 Å². The number of fused-ring (bicyclic) bond motifs is 4. The predicted octanol–water partition coefficient (Wildman–Crippen LogP) is 15.3. The Morgan fingerprint density at radius 2 is 0.553 bits per heavy atom. The van der Waals surface area contributed by atoms with Crippen molar-refractivity contribution in [3.63, 3.8) is 0 Å². The van der Waals surface area contributed by atoms with Crippen LogP contribution in [0, 0.1) is 41.5 Å². The first-order valence-corrected chi connectivity index (χ1v) is 26.9. The summed E-state index contributed by atoms with van der Waals surface area (Å²) < 4.78 is 24.7. The standard InChI is InChI=1S/C35H38N2O2.C33H34N2O2/c1-23-11-24(2)14-31(13-23)36-19-27-17-29(7-9-33(27)38-21-36)35(5,6)30-8-10-34-28(18-30)20-37(22-39-34)32-15-25(3)12-26(4)16-32;1-23-7-5-9-29(15-23)34-19-25-17-27(11-13-31(25)36-21-34)33(3,4)28-12-14-32-26(18-28)20-35(22-37-32)30-10-6-8-24(2)16-30/h7-18H,19-22H2,1-6H3;5-18H,19-22H2,1-4H3. The molecule has 0 bridgehead atoms. The fourth-order valence-electron chi connectivity index (χ4n) is 11.4. The highest BCUT2D eigenvalue weighted by atomic mass is 16.5. The zero-order valence-electron chi connectivity index (χ0n) is 46.1. The van der Waals surface area contributed by atoms with E-state index in [1.165, 1.54) is 101 Å². The Morgan fingerprint density at radius 1 is 0.289 bits per heavy atom. The number of aryl methyl sites for hydroxylation is 6. The number of ether oxygens (including phenoxy) is 4. The van der Waals surface area contributed by atoms with Crippen molar-refractivity contribution in [2.24, 2.45) is 0 Å². The van der Waals surface area contributed by atoms with Crippen LogP contribution >= 0.6 is 0 Å². The van der Waals surface area contributed by atoms with Gasteiger partial charge in [-0.05, 0) is 194 Å². The maximum Gasteiger partial charge on any atom is 0.161 e. The van der Waals surface area contributed by atoms with Gasteiger partial charge < -0.3 is 38.5 Å². The molecule has 0 aliphatic carbocycles. The van der Waals surface area contributed by atoms with Gasteiger partial charge in [-0.25, -0.2) is 0 Å². The van der Waals surface area contributed by atoms with Gasteiger partial charge in [0.15, 0.2) is 26.9 Å². The van der Waals surface area contributed by atoms with E-state index >= 15 is 0 Å². The fourth-order valence-corrected chi connectivity index (χ4v) is 11.4. The summed E-state index contributed by atoms with van der Waals surface area (Å²) in [6.45, 7) is 27.8. The normalized spacial score (nSPS) is 14.9. The Hall–Kier alpha value is -7.84. The second kappa shape index (κ2) is 20.4. The highest BCUT2D eigenvalue weighted by Gasteiger charge is 2.31. The molecule has 8 heteroatoms. The molecule has 388 valence electrons. The average Bonchev–Trinajstić information content (AvgIpc) is 3.42. The van der Waals surface area contributed by atoms with Crippen LogP contribution in [0.5, 0.6) is 23.0 Å². The molecule has 0 saturated heterocycles. The summed E-state index contributed by atoms with van der Waals surface area (Å²) in [7, 11) is 0. The van der Waals surface area contributed by atoms with Crippen molar-refractivity contribution in [1.29, 1.82) is 0 Å². The number of nitrogens with zero attached hydrogens (tertiary/aromatic N) is 4. The van der Waals surface area contributed by atoms with Crippen molar-refractivity contribution in [3.8, 4) is 23.0 Å². The van der Waals surface area contributed by atoms with E-state index in [4.69, 9.17) is 18.9 Å². The summed E-state index contributed by atoms with van der Waals surface area (Å²) in [6.07, 6.45) is 0. The number of hydrogen-bond acceptors (Lipinski definition) is 8. The molecule has 4 heterocycles. The van der Waals surface area contributed by atoms with Gasteiger partial charge in [-0.15, -0.1) is 0 Å². The first-order valence-electron chi connectivity index (χ1n) is 26.9. The van der Waals surface area contributed by atoms with E-state index in [2.05, 4.69) is 247 Å². The molecular formula is C68H72N4O4. The Bertz CT molecular complexity index is 3200. The molecule has 0 fully saturated rings. The molecule has 0 spiro atoms. The molecule has 8 aromatic rings. The first-order chi connectivity index (χ1) is 36.5. The van der Waals surface area contributed by atoms with Crippen molar-refractivity contribution in [2.45, 2.75) is 106 Å². The van der Waals surface area contributed by atoms with Crippen LogP contribution in [0.25, 0.3) is 0 Å². The van der Waals surface area contributed by atoms with Crippen molar-refractivity contribution in [2.75, 3.05) is 46.5 Å². The van der Waals surface area contributed by atoms with E-state index in [9.17, 15) is 0 Å². The van der Waals surface area contributed by atoms with Crippen LogP contribution in [0.2, 0.25) is 0 Å². The molecule has 8 aromatic carbocycles. The third-order valence-electron chi connectivity index (χ3n) is 16.0. The van der Waals surface area contributed by atoms with Crippen LogP contribution in [-0.2, 0) is 37.0 Å². The third kappa shape index (κ3) is 10.4. The van der Waals surface area contributed by atoms with E-state index < -0.39 is 0 Å². The number of rotatable bonds is 8. The Morgan fingerprint density at radius 3 is 0.829 bits per heavy atom. The fraction of sp³-hybridized carbons (Fsp3) is 0.294. The molecule has 0 atom stereocenters. The van der Waals surface area contributed by atoms with Crippen LogP contribution in [0.1, 0.15) is 106 Å². The maximum atomic E-state index is 6.19. The Balaban J connectivity index is 0.000000162. The molecular weight excluding hydrogens is 937 g/mol. The quantitative estimate of drug-likeness (QED) is 0.149. The topological polar surface area (TPSA) is 49.9 Å². The SMILES string of the molecule is Cc1cc(C)cc(N2COc3ccc(C(C)(C)c4ccc5c(c4)CN(c4cc(C)cc(C)c4)CO5)cc3C2)c1.Cc1cccc(N2COc3ccc(C(C)(C)c4ccc5c(c4)CN(c4cccc(C)c4)CO5)cc3C2)c1. The molecule has 76 heavy (non-hydrogen) atoms. The van der Waals surface area contributed by atoms with Gasteiger partial charge in [0, 0.05) is 82.0 Å². The summed E-state index contributed by atoms with van der Waals surface area (Å²) in [4.78, 5) is 9.22. The third-order valence-corrected chi connectivity index (χ3v) is 16.0. The van der Waals surface area contributed by atoms with Gasteiger partial charge in [0.05, 0.1) is 0 Å². The van der Waals surface area contributed by atoms with Crippen LogP contribution in [0.15, 0.2) is 158 Å². The lowest BCUT2D eigenvalue weighted by molar-refractivity contribution is 0.288. The van der Waals surface area contributed by atoms with E-state index in [0.29, 0.717) is 26.9 Å². The summed E-state index contributed by atoms with van der Waals surface area (Å²) in [5.74, 6) is 3.93. The molecule has 0 saturated carbocycles. The predicted molar refractivity (Wildman–Crippen MR) is 311 cm³/mol. The summed E-state index contributed by atoms with van der Waals surface area (Å²) in [5, 5.41) is 0. The summed E-state index contributed by atoms with van der Waals surface area (Å²) in [6, 6.07) is 57.4. The first kappa shape index (κ1) is 50.3. The second-order valence-corrected chi connectivity index (χ2v) is 22.8. The lowest BCUT2D eigenvalue weighted by Crippen LogP contribution is -2.33. The molecule has 0 unspecified atom stereocenters. The van der Waals surface area contributed by atoms with Gasteiger partial charge in [-0.3, -0.25) is 0 Å². The van der Waals surface area contributed by atoms with Gasteiger partial charge in [0.25, 0.3) is 0 Å². The second-order valence-electron chi connectivity index (χ2n) is 22.8. The molecule has 0 N–H and O–H groups in total. The molecule has 0 aromatic heterocycles. The van der Waals surface area contributed by atoms with Crippen LogP contribution in [-0.4, -0.2) is 26.9 Å². The lowest BCUT2D eigenvalue weighted by atomic mass is 9.77. The van der Waals surface area contributed by atoms with Crippen molar-refractivity contribution < 1.29 is 18.9 Å². The molecule has 0 amide bonds. The molecule has 4 aliphatic rings. The van der Waals surface area contributed by atoms with E-state index in [1.54, 1.807) is 0 Å². The Kier molecular flexibility index (Phi) is 13.5. The van der Waals surface area contributed by atoms with Crippen molar-refractivity contribution in [3.05, 3.63) is 236 Å². The highest BCUT2D eigenvalue weighted by molar-refractivity contribution is 5.59. The highest BCUT2D eigenvalue weighted by Crippen LogP contribution is 2.42. The van der Waals surface area contributed by atoms with Gasteiger partial charge in [-0.2, -0.15) is 0 Å². The molecule has 8 nitrogen and oxygen atoms in total. The van der Waals surface area contributed by atoms with Gasteiger partial charge in [-0.1, -0.05) is 88.4 Å². The molecule has 4 aliphatic heterocycles. The van der Waals surface area contributed by atoms with Gasteiger partial charge in [0.1, 0.15) is 23.0 Å². The van der Waals surface area contributed by atoms with Gasteiger partial charge >= 0.3 is 0 Å². The van der Waals surface area contributed by atoms with E-state index in [0.717, 1.165) is 49.2 Å². The zero-order chi connectivity index (χ0) is 52.9. The number of benzene rings is 8. The summed E-state index contributed by atoms with van der Waals surface area (Å²) >= 11 is 0. The number of hydrogen-bond donors (Lipinski definition) is 0. The van der Waals surface area contributed by atoms with Crippen molar-refractivity contribution >= 4 is 22.7 Å². The largest absolute Gasteiger partial charge is 0.473 e. The smallest absolute Gasteiger partial charge is 0.161 e. The van der Waals surface area contributed by atoms with Crippen LogP contribution in [0.3, 0.4) is 0 Å². The van der Waals surface area contributed by atoms with E-state index in [1.807, 2.05) is 0 Å². The summed E-state index contributed by atoms with van der Waals surface area (Å²) in [5.41, 5.74) is 22.2. The van der Waals surface area contributed by atoms with Crippen molar-refractivity contribution in [1.82, 2.24) is 0 Å². The Labute approximate surface area is 451 Å². The van der Waals surface area contributed by atoms with Gasteiger partial charge in [0.2, 0.25) is 0 Å². The monoisotopic (exact) mass is 1010 g/mol. The lowest BCUT2D eigenvalue weighted by Gasteiger charge is -2.34. The minimum atomic E-state index is -0.172. The zero-order valence-corrected chi connectivity index (χ0v) is 46.1. The van der Waals surface area contributed by atoms with E-state index in [-0.39, 0.29) is 10.8 Å². The maximum absolute atomic E-state index is 6.19. The number of anilines is 4. The minimum Gasteiger partial charge on any atom is -0.473 e. The van der Waals surface area contributed by atoms with Crippen LogP contribution in [0.4, 0.5) is 22.7 Å². The molecule has 12 rings (SSSR count).